The van der Waals surface area contributed by atoms with Crippen molar-refractivity contribution in [2.45, 2.75) is 116 Å². The van der Waals surface area contributed by atoms with Crippen LogP contribution in [-0.2, 0) is 25.6 Å². The second-order valence-electron chi connectivity index (χ2n) is 18.4. The number of fused-ring (bicyclic) bond motifs is 5. The van der Waals surface area contributed by atoms with Gasteiger partial charge in [0.15, 0.2) is 23.2 Å². The van der Waals surface area contributed by atoms with E-state index >= 15 is 0 Å². The minimum atomic E-state index is -1.25. The van der Waals surface area contributed by atoms with E-state index in [4.69, 9.17) is 41.4 Å². The summed E-state index contributed by atoms with van der Waals surface area (Å²) in [6.07, 6.45) is 6.70. The molecule has 4 bridgehead atoms. The number of likely N-dealkylation sites (N-methyl/N-ethyl adjacent to an activating group) is 1. The predicted octanol–water partition coefficient (Wildman–Crippen LogP) is 6.45. The lowest BCUT2D eigenvalue weighted by atomic mass is 9.88. The van der Waals surface area contributed by atoms with E-state index in [1.165, 1.54) is 37.6 Å². The average Bonchev–Trinajstić information content (AvgIpc) is 3.62. The topological polar surface area (TPSA) is 256 Å². The summed E-state index contributed by atoms with van der Waals surface area (Å²) in [7, 11) is 1.51. The van der Waals surface area contributed by atoms with Crippen molar-refractivity contribution in [2.24, 2.45) is 29.0 Å². The Hall–Kier alpha value is -6.54. The molecule has 0 spiro atoms. The molecule has 4 aromatic rings. The number of carbonyl (C=O) groups excluding carboxylic acids is 5. The highest BCUT2D eigenvalue weighted by Crippen LogP contribution is 2.41. The molecular weight excluding hydrogens is 889 g/mol. The maximum atomic E-state index is 14.9. The fourth-order valence-corrected chi connectivity index (χ4v) is 9.45. The molecule has 2 amide bonds. The molecule has 4 atom stereocenters. The van der Waals surface area contributed by atoms with Crippen LogP contribution in [-0.4, -0.2) is 96.1 Å². The molecule has 1 aromatic heterocycles. The van der Waals surface area contributed by atoms with Crippen LogP contribution in [0.3, 0.4) is 0 Å². The minimum absolute atomic E-state index is 0.0330. The van der Waals surface area contributed by atoms with Crippen LogP contribution >= 0.6 is 0 Å². The van der Waals surface area contributed by atoms with E-state index in [-0.39, 0.29) is 89.0 Å². The highest BCUT2D eigenvalue weighted by Gasteiger charge is 2.37. The van der Waals surface area contributed by atoms with Crippen LogP contribution < -0.4 is 36.7 Å². The number of benzene rings is 3. The fraction of sp³-hybridized carbons (Fsp3) is 0.481. The van der Waals surface area contributed by atoms with Crippen molar-refractivity contribution in [3.8, 4) is 45.8 Å². The zero-order valence-corrected chi connectivity index (χ0v) is 41.0. The lowest BCUT2D eigenvalue weighted by Gasteiger charge is -2.32. The van der Waals surface area contributed by atoms with Gasteiger partial charge in [-0.15, -0.1) is 0 Å². The van der Waals surface area contributed by atoms with Gasteiger partial charge in [0.2, 0.25) is 11.8 Å². The van der Waals surface area contributed by atoms with E-state index in [0.717, 1.165) is 24.2 Å². The number of hydrogen-bond donors (Lipinski definition) is 4. The lowest BCUT2D eigenvalue weighted by molar-refractivity contribution is -0.142. The molecule has 1 aliphatic carbocycles. The number of aromatic nitrogens is 2. The van der Waals surface area contributed by atoms with Crippen molar-refractivity contribution in [3.63, 3.8) is 0 Å². The van der Waals surface area contributed by atoms with Crippen LogP contribution in [0.4, 0.5) is 0 Å². The quantitative estimate of drug-likeness (QED) is 0.0582. The molecule has 372 valence electrons. The van der Waals surface area contributed by atoms with Gasteiger partial charge in [-0.05, 0) is 119 Å². The fourth-order valence-electron chi connectivity index (χ4n) is 9.45. The Kier molecular flexibility index (Phi) is 19.1. The maximum Gasteiger partial charge on any atom is 0.226 e. The van der Waals surface area contributed by atoms with Crippen LogP contribution in [0.2, 0.25) is 0 Å². The summed E-state index contributed by atoms with van der Waals surface area (Å²) in [5.41, 5.74) is 22.0. The Bertz CT molecular complexity index is 2510. The zero-order chi connectivity index (χ0) is 50.3. The third-order valence-electron chi connectivity index (χ3n) is 13.1. The van der Waals surface area contributed by atoms with Gasteiger partial charge in [0.25, 0.3) is 0 Å². The van der Waals surface area contributed by atoms with Crippen LogP contribution in [0.1, 0.15) is 116 Å². The molecule has 7 N–H and O–H groups in total. The number of hydrogen-bond acceptors (Lipinski definition) is 14. The van der Waals surface area contributed by atoms with Crippen molar-refractivity contribution in [2.75, 3.05) is 39.9 Å². The van der Waals surface area contributed by atoms with Crippen molar-refractivity contribution >= 4 is 29.2 Å². The number of Topliss-reactive ketones (excluding diaryl/α,β-unsaturated/α-hetero) is 3. The van der Waals surface area contributed by atoms with Crippen LogP contribution in [0.5, 0.6) is 17.2 Å². The van der Waals surface area contributed by atoms with Crippen LogP contribution in [0.15, 0.2) is 60.7 Å². The summed E-state index contributed by atoms with van der Waals surface area (Å²) in [5.74, 6) is -1.94. The van der Waals surface area contributed by atoms with E-state index in [9.17, 15) is 29.2 Å². The van der Waals surface area contributed by atoms with Gasteiger partial charge in [-0.3, -0.25) is 24.0 Å². The van der Waals surface area contributed by atoms with Gasteiger partial charge < -0.3 is 41.6 Å². The van der Waals surface area contributed by atoms with Crippen molar-refractivity contribution in [3.05, 3.63) is 88.7 Å². The number of carbonyl (C=O) groups is 5. The standard InChI is InChI=1S/C54H68N8O8/c1-33-28-47(65)51(38-16-20-49(69-27-25-58)43(31-38)42-29-36(13-19-48(42)68-26-24-57)30-44(61-53(33)66)45(63)12-9-22-55)62(4)54(67)39(21-23-56)32-46(64)50-34(2)59-52(60-35(50)3)37-14-17-41(18-15-37)70-40-10-7-5-6-8-11-40/h13-20,29,31,33,39-40,44,51H,5-12,21,23-28,30,32,56-58H2,1-4H3,(H,61,66)/t33-,39-,44+,51+/m1/s1. The number of nitriles is 1. The first-order valence-corrected chi connectivity index (χ1v) is 24.5. The second-order valence-corrected chi connectivity index (χ2v) is 18.4. The number of rotatable bonds is 19. The second kappa shape index (κ2) is 25.4. The van der Waals surface area contributed by atoms with E-state index in [1.54, 1.807) is 51.1 Å². The Morgan fingerprint density at radius 3 is 2.09 bits per heavy atom. The number of nitrogens with zero attached hydrogens (tertiary/aromatic N) is 4. The molecule has 1 fully saturated rings. The van der Waals surface area contributed by atoms with E-state index in [2.05, 4.69) is 5.32 Å². The number of ketones is 3. The Morgan fingerprint density at radius 1 is 0.843 bits per heavy atom. The van der Waals surface area contributed by atoms with Crippen LogP contribution in [0, 0.1) is 37.0 Å². The highest BCUT2D eigenvalue weighted by atomic mass is 16.5. The first kappa shape index (κ1) is 52.8. The maximum absolute atomic E-state index is 14.9. The molecule has 16 nitrogen and oxygen atoms in total. The van der Waals surface area contributed by atoms with E-state index in [0.29, 0.717) is 56.5 Å². The Labute approximate surface area is 411 Å². The molecule has 70 heavy (non-hydrogen) atoms. The molecule has 2 aliphatic rings. The number of nitrogens with one attached hydrogen (secondary N) is 1. The molecule has 3 aromatic carbocycles. The Morgan fingerprint density at radius 2 is 1.47 bits per heavy atom. The molecule has 0 radical (unpaired) electrons. The molecule has 2 heterocycles. The lowest BCUT2D eigenvalue weighted by Crippen LogP contribution is -2.46. The summed E-state index contributed by atoms with van der Waals surface area (Å²) in [4.78, 5) is 82.2. The summed E-state index contributed by atoms with van der Waals surface area (Å²) < 4.78 is 18.6. The molecular formula is C54H68N8O8. The van der Waals surface area contributed by atoms with Gasteiger partial charge in [0, 0.05) is 74.3 Å². The summed E-state index contributed by atoms with van der Waals surface area (Å²) in [6.45, 7) is 5.92. The molecule has 0 unspecified atom stereocenters. The molecule has 6 rings (SSSR count). The molecule has 16 heteroatoms. The van der Waals surface area contributed by atoms with Crippen LogP contribution in [0.25, 0.3) is 22.5 Å². The van der Waals surface area contributed by atoms with Crippen molar-refractivity contribution in [1.82, 2.24) is 20.2 Å². The van der Waals surface area contributed by atoms with Gasteiger partial charge >= 0.3 is 0 Å². The van der Waals surface area contributed by atoms with Gasteiger partial charge in [0.05, 0.1) is 35.2 Å². The normalized spacial score (nSPS) is 18.1. The molecule has 0 saturated heterocycles. The molecule has 1 aliphatic heterocycles. The van der Waals surface area contributed by atoms with Crippen molar-refractivity contribution in [1.29, 1.82) is 5.26 Å². The van der Waals surface area contributed by atoms with E-state index in [1.807, 2.05) is 36.4 Å². The summed E-state index contributed by atoms with van der Waals surface area (Å²) in [6, 6.07) is 17.9. The first-order valence-electron chi connectivity index (χ1n) is 24.5. The SMILES string of the molecule is Cc1nc(-c2ccc(OC3CCCCCC3)cc2)nc(C)c1C(=O)C[C@@H](CCN)C(=O)N(C)[C@@H]1C(=O)C[C@@H](C)C(=O)N[C@H](C(=O)CCC#N)Cc2ccc(OCCN)c(c2)-c2cc1ccc2OCCN. The number of nitrogens with two attached hydrogens (primary N) is 3. The predicted molar refractivity (Wildman–Crippen MR) is 266 cm³/mol. The highest BCUT2D eigenvalue weighted by molar-refractivity contribution is 6.01. The largest absolute Gasteiger partial charge is 0.492 e. The summed E-state index contributed by atoms with van der Waals surface area (Å²) in [5, 5.41) is 12.1. The third kappa shape index (κ3) is 13.4. The number of ether oxygens (including phenoxy) is 3. The van der Waals surface area contributed by atoms with E-state index < -0.39 is 41.5 Å². The zero-order valence-electron chi connectivity index (χ0n) is 41.0. The van der Waals surface area contributed by atoms with Gasteiger partial charge in [-0.2, -0.15) is 5.26 Å². The minimum Gasteiger partial charge on any atom is -0.492 e. The molecule has 1 saturated carbocycles. The van der Waals surface area contributed by atoms with Gasteiger partial charge in [0.1, 0.15) is 36.5 Å². The van der Waals surface area contributed by atoms with Gasteiger partial charge in [-0.25, -0.2) is 9.97 Å². The monoisotopic (exact) mass is 957 g/mol. The van der Waals surface area contributed by atoms with Crippen molar-refractivity contribution < 1.29 is 38.2 Å². The van der Waals surface area contributed by atoms with Gasteiger partial charge in [-0.1, -0.05) is 31.9 Å². The first-order chi connectivity index (χ1) is 33.8. The number of amides is 2. The third-order valence-corrected chi connectivity index (χ3v) is 13.1. The number of aryl methyl sites for hydroxylation is 2. The Balaban J connectivity index is 1.33. The smallest absolute Gasteiger partial charge is 0.226 e. The average molecular weight is 957 g/mol. The summed E-state index contributed by atoms with van der Waals surface area (Å²) >= 11 is 0.